The van der Waals surface area contributed by atoms with Gasteiger partial charge in [0.1, 0.15) is 11.5 Å². The quantitative estimate of drug-likeness (QED) is 0.671. The predicted molar refractivity (Wildman–Crippen MR) is 79.9 cm³/mol. The summed E-state index contributed by atoms with van der Waals surface area (Å²) in [6.45, 7) is 1.85. The lowest BCUT2D eigenvalue weighted by Gasteiger charge is -2.13. The Balaban J connectivity index is 2.37. The summed E-state index contributed by atoms with van der Waals surface area (Å²) in [5.74, 6) is 0.981. The number of nitro groups is 1. The van der Waals surface area contributed by atoms with Crippen LogP contribution in [0.4, 0.5) is 5.69 Å². The van der Waals surface area contributed by atoms with Crippen molar-refractivity contribution in [2.45, 2.75) is 13.0 Å². The third-order valence-corrected chi connectivity index (χ3v) is 3.16. The first-order chi connectivity index (χ1) is 9.47. The molecule has 0 saturated carbocycles. The van der Waals surface area contributed by atoms with Crippen LogP contribution in [0.5, 0.6) is 11.5 Å². The number of benzene rings is 2. The fourth-order valence-corrected chi connectivity index (χ4v) is 2.25. The number of nitrogens with two attached hydrogens (primary N) is 1. The van der Waals surface area contributed by atoms with Gasteiger partial charge in [0.2, 0.25) is 0 Å². The molecule has 0 bridgehead atoms. The normalized spacial score (nSPS) is 11.9. The third kappa shape index (κ3) is 3.34. The summed E-state index contributed by atoms with van der Waals surface area (Å²) in [6, 6.07) is 11.6. The van der Waals surface area contributed by atoms with Gasteiger partial charge in [0.05, 0.1) is 11.0 Å². The molecule has 2 aromatic carbocycles. The molecular formula is C14H13BrN2O3. The lowest BCUT2D eigenvalue weighted by Crippen LogP contribution is -2.06. The van der Waals surface area contributed by atoms with Gasteiger partial charge in [-0.05, 0) is 19.1 Å². The second-order valence-corrected chi connectivity index (χ2v) is 5.25. The van der Waals surface area contributed by atoms with E-state index in [1.165, 1.54) is 12.1 Å². The molecule has 0 unspecified atom stereocenters. The standard InChI is InChI=1S/C14H13BrN2O3/c1-9(16)13-4-2-3-5-14(13)20-12-7-10(15)6-11(8-12)17(18)19/h2-9H,16H2,1H3/t9-/m1/s1. The molecule has 0 saturated heterocycles. The van der Waals surface area contributed by atoms with Crippen LogP contribution < -0.4 is 10.5 Å². The summed E-state index contributed by atoms with van der Waals surface area (Å²) in [5, 5.41) is 10.8. The number of nitrogens with zero attached hydrogens (tertiary/aromatic N) is 1. The minimum atomic E-state index is -0.463. The largest absolute Gasteiger partial charge is 0.457 e. The van der Waals surface area contributed by atoms with Gasteiger partial charge in [-0.1, -0.05) is 34.1 Å². The Morgan fingerprint density at radius 3 is 2.65 bits per heavy atom. The van der Waals surface area contributed by atoms with E-state index in [9.17, 15) is 10.1 Å². The van der Waals surface area contributed by atoms with Gasteiger partial charge in [0.25, 0.3) is 5.69 Å². The van der Waals surface area contributed by atoms with Crippen LogP contribution in [-0.4, -0.2) is 4.92 Å². The van der Waals surface area contributed by atoms with E-state index in [0.29, 0.717) is 16.0 Å². The smallest absolute Gasteiger partial charge is 0.274 e. The molecule has 5 nitrogen and oxygen atoms in total. The van der Waals surface area contributed by atoms with E-state index in [2.05, 4.69) is 15.9 Å². The van der Waals surface area contributed by atoms with Crippen molar-refractivity contribution in [2.75, 3.05) is 0 Å². The maximum atomic E-state index is 10.8. The molecule has 0 spiro atoms. The highest BCUT2D eigenvalue weighted by molar-refractivity contribution is 9.10. The predicted octanol–water partition coefficient (Wildman–Crippen LogP) is 4.17. The Bertz CT molecular complexity index is 644. The number of ether oxygens (including phenoxy) is 1. The highest BCUT2D eigenvalue weighted by Gasteiger charge is 2.12. The number of halogens is 1. The first-order valence-electron chi connectivity index (χ1n) is 5.94. The Labute approximate surface area is 124 Å². The average Bonchev–Trinajstić information content (AvgIpc) is 2.38. The number of hydrogen-bond acceptors (Lipinski definition) is 4. The lowest BCUT2D eigenvalue weighted by molar-refractivity contribution is -0.385. The molecule has 20 heavy (non-hydrogen) atoms. The summed E-state index contributed by atoms with van der Waals surface area (Å²) in [6.07, 6.45) is 0. The fourth-order valence-electron chi connectivity index (χ4n) is 1.79. The van der Waals surface area contributed by atoms with Crippen LogP contribution in [0.1, 0.15) is 18.5 Å². The van der Waals surface area contributed by atoms with Crippen LogP contribution >= 0.6 is 15.9 Å². The summed E-state index contributed by atoms with van der Waals surface area (Å²) in [7, 11) is 0. The van der Waals surface area contributed by atoms with Crippen molar-refractivity contribution < 1.29 is 9.66 Å². The molecule has 2 N–H and O–H groups in total. The second kappa shape index (κ2) is 6.02. The SMILES string of the molecule is C[C@@H](N)c1ccccc1Oc1cc(Br)cc([N+](=O)[O-])c1. The van der Waals surface area contributed by atoms with Crippen LogP contribution in [0, 0.1) is 10.1 Å². The van der Waals surface area contributed by atoms with Crippen LogP contribution in [0.3, 0.4) is 0 Å². The van der Waals surface area contributed by atoms with Gasteiger partial charge in [-0.3, -0.25) is 10.1 Å². The molecule has 2 aromatic rings. The van der Waals surface area contributed by atoms with E-state index in [1.54, 1.807) is 12.1 Å². The molecule has 0 aliphatic rings. The molecule has 2 rings (SSSR count). The van der Waals surface area contributed by atoms with Crippen molar-refractivity contribution >= 4 is 21.6 Å². The van der Waals surface area contributed by atoms with Gasteiger partial charge >= 0.3 is 0 Å². The van der Waals surface area contributed by atoms with Gasteiger partial charge in [0, 0.05) is 22.1 Å². The van der Waals surface area contributed by atoms with Gasteiger partial charge in [-0.2, -0.15) is 0 Å². The minimum Gasteiger partial charge on any atom is -0.457 e. The number of para-hydroxylation sites is 1. The number of rotatable bonds is 4. The number of hydrogen-bond donors (Lipinski definition) is 1. The van der Waals surface area contributed by atoms with E-state index >= 15 is 0 Å². The van der Waals surface area contributed by atoms with Gasteiger partial charge in [0.15, 0.2) is 0 Å². The van der Waals surface area contributed by atoms with E-state index in [1.807, 2.05) is 25.1 Å². The number of nitro benzene ring substituents is 1. The molecule has 0 amide bonds. The fraction of sp³-hybridized carbons (Fsp3) is 0.143. The zero-order valence-electron chi connectivity index (χ0n) is 10.7. The summed E-state index contributed by atoms with van der Waals surface area (Å²) >= 11 is 3.23. The molecule has 0 aliphatic heterocycles. The Kier molecular flexibility index (Phi) is 4.36. The summed E-state index contributed by atoms with van der Waals surface area (Å²) in [5.41, 5.74) is 6.69. The minimum absolute atomic E-state index is 0.0346. The van der Waals surface area contributed by atoms with Crippen molar-refractivity contribution in [3.63, 3.8) is 0 Å². The van der Waals surface area contributed by atoms with Gasteiger partial charge < -0.3 is 10.5 Å². The lowest BCUT2D eigenvalue weighted by atomic mass is 10.1. The van der Waals surface area contributed by atoms with Crippen molar-refractivity contribution in [1.82, 2.24) is 0 Å². The highest BCUT2D eigenvalue weighted by atomic mass is 79.9. The zero-order chi connectivity index (χ0) is 14.7. The summed E-state index contributed by atoms with van der Waals surface area (Å²) in [4.78, 5) is 10.4. The molecular weight excluding hydrogens is 324 g/mol. The van der Waals surface area contributed by atoms with E-state index in [0.717, 1.165) is 5.56 Å². The maximum Gasteiger partial charge on any atom is 0.274 e. The maximum absolute atomic E-state index is 10.8. The van der Waals surface area contributed by atoms with Crippen molar-refractivity contribution in [3.05, 3.63) is 62.6 Å². The van der Waals surface area contributed by atoms with Crippen LogP contribution in [-0.2, 0) is 0 Å². The first kappa shape index (κ1) is 14.5. The molecule has 0 heterocycles. The van der Waals surface area contributed by atoms with Gasteiger partial charge in [-0.15, -0.1) is 0 Å². The van der Waals surface area contributed by atoms with Crippen LogP contribution in [0.15, 0.2) is 46.9 Å². The van der Waals surface area contributed by atoms with E-state index in [4.69, 9.17) is 10.5 Å². The Morgan fingerprint density at radius 1 is 1.30 bits per heavy atom. The van der Waals surface area contributed by atoms with E-state index in [-0.39, 0.29) is 11.7 Å². The molecule has 0 aliphatic carbocycles. The monoisotopic (exact) mass is 336 g/mol. The zero-order valence-corrected chi connectivity index (χ0v) is 12.3. The molecule has 1 atom stereocenters. The molecule has 0 aromatic heterocycles. The Morgan fingerprint density at radius 2 is 2.00 bits per heavy atom. The molecule has 0 fully saturated rings. The van der Waals surface area contributed by atoms with Crippen LogP contribution in [0.25, 0.3) is 0 Å². The van der Waals surface area contributed by atoms with Crippen LogP contribution in [0.2, 0.25) is 0 Å². The van der Waals surface area contributed by atoms with Crippen molar-refractivity contribution in [3.8, 4) is 11.5 Å². The topological polar surface area (TPSA) is 78.4 Å². The molecule has 104 valence electrons. The third-order valence-electron chi connectivity index (χ3n) is 2.70. The first-order valence-corrected chi connectivity index (χ1v) is 6.74. The Hall–Kier alpha value is -1.92. The second-order valence-electron chi connectivity index (χ2n) is 4.33. The van der Waals surface area contributed by atoms with Crippen molar-refractivity contribution in [1.29, 1.82) is 0 Å². The van der Waals surface area contributed by atoms with Crippen molar-refractivity contribution in [2.24, 2.45) is 5.73 Å². The molecule has 6 heteroatoms. The highest BCUT2D eigenvalue weighted by Crippen LogP contribution is 2.32. The summed E-state index contributed by atoms with van der Waals surface area (Å²) < 4.78 is 6.31. The average molecular weight is 337 g/mol. The number of non-ortho nitro benzene ring substituents is 1. The van der Waals surface area contributed by atoms with Gasteiger partial charge in [-0.25, -0.2) is 0 Å². The molecule has 0 radical (unpaired) electrons. The van der Waals surface area contributed by atoms with E-state index < -0.39 is 4.92 Å².